The van der Waals surface area contributed by atoms with Gasteiger partial charge < -0.3 is 10.6 Å². The fraction of sp³-hybridized carbons (Fsp3) is 0.385. The number of hydrogen-bond acceptors (Lipinski definition) is 7. The molecule has 1 fully saturated rings. The summed E-state index contributed by atoms with van der Waals surface area (Å²) >= 11 is 3.24. The highest BCUT2D eigenvalue weighted by Crippen LogP contribution is 2.15. The van der Waals surface area contributed by atoms with Crippen LogP contribution in [0.25, 0.3) is 5.82 Å². The van der Waals surface area contributed by atoms with Gasteiger partial charge in [0, 0.05) is 32.4 Å². The number of piperazine rings is 1. The maximum Gasteiger partial charge on any atom is 0.268 e. The maximum absolute atomic E-state index is 12.3. The summed E-state index contributed by atoms with van der Waals surface area (Å²) in [5, 5.41) is 6.05. The fourth-order valence-corrected chi connectivity index (χ4v) is 2.49. The van der Waals surface area contributed by atoms with Crippen molar-refractivity contribution in [2.75, 3.05) is 39.0 Å². The molecule has 3 heterocycles. The zero-order valence-corrected chi connectivity index (χ0v) is 14.2. The molecule has 1 amide bonds. The third-order valence-corrected chi connectivity index (χ3v) is 3.96. The normalized spacial score (nSPS) is 16.4. The van der Waals surface area contributed by atoms with E-state index in [-0.39, 0.29) is 11.7 Å². The van der Waals surface area contributed by atoms with E-state index >= 15 is 0 Å². The van der Waals surface area contributed by atoms with Gasteiger partial charge in [0.25, 0.3) is 5.91 Å². The van der Waals surface area contributed by atoms with Gasteiger partial charge in [-0.2, -0.15) is 5.10 Å². The number of nitrogen functional groups attached to an aromatic ring is 1. The Morgan fingerprint density at radius 2 is 2.04 bits per heavy atom. The highest BCUT2D eigenvalue weighted by Gasteiger charge is 2.18. The molecule has 2 aromatic heterocycles. The first-order valence-corrected chi connectivity index (χ1v) is 7.90. The molecule has 0 spiro atoms. The molecule has 10 heteroatoms. The predicted molar refractivity (Wildman–Crippen MR) is 87.8 cm³/mol. The van der Waals surface area contributed by atoms with Crippen LogP contribution >= 0.6 is 15.9 Å². The van der Waals surface area contributed by atoms with Crippen LogP contribution in [0.4, 0.5) is 5.82 Å². The molecule has 0 saturated carbocycles. The maximum atomic E-state index is 12.3. The lowest BCUT2D eigenvalue weighted by molar-refractivity contribution is 0.0662. The van der Waals surface area contributed by atoms with E-state index in [9.17, 15) is 4.79 Å². The number of carbonyl (C=O) groups is 1. The van der Waals surface area contributed by atoms with Gasteiger partial charge >= 0.3 is 0 Å². The first-order chi connectivity index (χ1) is 11.0. The quantitative estimate of drug-likeness (QED) is 0.765. The molecule has 9 nitrogen and oxygen atoms in total. The largest absolute Gasteiger partial charge is 0.381 e. The molecular weight excluding hydrogens is 364 g/mol. The number of likely N-dealkylation sites (N-methyl/N-ethyl adjacent to an activating group) is 1. The second-order valence-electron chi connectivity index (χ2n) is 5.31. The number of hydrazine groups is 1. The van der Waals surface area contributed by atoms with Crippen LogP contribution in [0.1, 0.15) is 10.4 Å². The molecule has 0 unspecified atom stereocenters. The summed E-state index contributed by atoms with van der Waals surface area (Å²) in [5.74, 6) is 0.405. The molecule has 122 valence electrons. The number of nitrogens with zero attached hydrogens (tertiary/aromatic N) is 6. The van der Waals surface area contributed by atoms with Crippen LogP contribution in [0.2, 0.25) is 0 Å². The number of amides is 1. The van der Waals surface area contributed by atoms with E-state index in [1.54, 1.807) is 6.20 Å². The van der Waals surface area contributed by atoms with Gasteiger partial charge in [0.1, 0.15) is 4.60 Å². The molecule has 1 aliphatic rings. The molecule has 0 aromatic carbocycles. The van der Waals surface area contributed by atoms with Gasteiger partial charge in [-0.3, -0.25) is 10.2 Å². The molecule has 2 aromatic rings. The molecule has 0 radical (unpaired) electrons. The van der Waals surface area contributed by atoms with Crippen LogP contribution in [0.3, 0.4) is 0 Å². The van der Waals surface area contributed by atoms with Crippen molar-refractivity contribution < 1.29 is 4.79 Å². The van der Waals surface area contributed by atoms with Crippen molar-refractivity contribution in [3.8, 4) is 5.82 Å². The van der Waals surface area contributed by atoms with Gasteiger partial charge in [-0.25, -0.2) is 19.7 Å². The predicted octanol–water partition coefficient (Wildman–Crippen LogP) is -0.101. The Bertz CT molecular complexity index is 710. The summed E-state index contributed by atoms with van der Waals surface area (Å²) in [7, 11) is 2.06. The number of carbonyl (C=O) groups excluding carboxylic acids is 1. The molecule has 0 atom stereocenters. The Balaban J connectivity index is 1.71. The SMILES string of the molecule is CN1CCN(NC(=O)c2cnn(-c3nc(Br)cnc3N)c2)CC1. The molecule has 3 N–H and O–H groups in total. The molecule has 3 rings (SSSR count). The van der Waals surface area contributed by atoms with E-state index in [2.05, 4.69) is 48.4 Å². The van der Waals surface area contributed by atoms with Gasteiger partial charge in [0.15, 0.2) is 11.6 Å². The summed E-state index contributed by atoms with van der Waals surface area (Å²) in [6.07, 6.45) is 4.56. The Hall–Kier alpha value is -2.04. The van der Waals surface area contributed by atoms with Gasteiger partial charge in [-0.05, 0) is 23.0 Å². The number of nitrogens with two attached hydrogens (primary N) is 1. The fourth-order valence-electron chi connectivity index (χ4n) is 2.22. The number of aromatic nitrogens is 4. The third kappa shape index (κ3) is 3.66. The summed E-state index contributed by atoms with van der Waals surface area (Å²) in [6, 6.07) is 0. The van der Waals surface area contributed by atoms with Crippen LogP contribution in [0.15, 0.2) is 23.2 Å². The number of nitrogens with one attached hydrogen (secondary N) is 1. The van der Waals surface area contributed by atoms with E-state index in [1.807, 2.05) is 5.01 Å². The van der Waals surface area contributed by atoms with Crippen molar-refractivity contribution in [3.63, 3.8) is 0 Å². The molecular formula is C13H17BrN8O. The highest BCUT2D eigenvalue weighted by molar-refractivity contribution is 9.10. The minimum Gasteiger partial charge on any atom is -0.381 e. The number of rotatable bonds is 3. The van der Waals surface area contributed by atoms with E-state index in [4.69, 9.17) is 5.73 Å². The second-order valence-corrected chi connectivity index (χ2v) is 6.12. The molecule has 0 bridgehead atoms. The summed E-state index contributed by atoms with van der Waals surface area (Å²) < 4.78 is 1.98. The minimum absolute atomic E-state index is 0.206. The first kappa shape index (κ1) is 15.8. The molecule has 0 aliphatic carbocycles. The van der Waals surface area contributed by atoms with Crippen molar-refractivity contribution >= 4 is 27.7 Å². The number of anilines is 1. The van der Waals surface area contributed by atoms with E-state index in [0.717, 1.165) is 26.2 Å². The van der Waals surface area contributed by atoms with Gasteiger partial charge in [0.2, 0.25) is 0 Å². The number of hydrogen-bond donors (Lipinski definition) is 2. The van der Waals surface area contributed by atoms with Crippen LogP contribution in [-0.2, 0) is 0 Å². The smallest absolute Gasteiger partial charge is 0.268 e. The second kappa shape index (κ2) is 6.60. The van der Waals surface area contributed by atoms with Gasteiger partial charge in [0.05, 0.1) is 18.0 Å². The van der Waals surface area contributed by atoms with Crippen LogP contribution in [-0.4, -0.2) is 68.8 Å². The van der Waals surface area contributed by atoms with Crippen molar-refractivity contribution in [2.45, 2.75) is 0 Å². The Labute approximate surface area is 141 Å². The van der Waals surface area contributed by atoms with Crippen LogP contribution in [0, 0.1) is 0 Å². The molecule has 23 heavy (non-hydrogen) atoms. The molecule has 1 aliphatic heterocycles. The molecule has 1 saturated heterocycles. The van der Waals surface area contributed by atoms with Crippen molar-refractivity contribution in [2.24, 2.45) is 0 Å². The van der Waals surface area contributed by atoms with Crippen LogP contribution in [0.5, 0.6) is 0 Å². The van der Waals surface area contributed by atoms with E-state index < -0.39 is 0 Å². The summed E-state index contributed by atoms with van der Waals surface area (Å²) in [5.41, 5.74) is 9.12. The topological polar surface area (TPSA) is 105 Å². The standard InChI is InChI=1S/C13H17BrN8O/c1-20-2-4-21(5-3-20)19-13(23)9-6-17-22(8-9)12-11(15)16-7-10(14)18-12/h6-8H,2-5H2,1H3,(H2,15,16)(H,19,23). The highest BCUT2D eigenvalue weighted by atomic mass is 79.9. The average Bonchev–Trinajstić information content (AvgIpc) is 3.02. The Kier molecular flexibility index (Phi) is 4.55. The Morgan fingerprint density at radius 1 is 1.30 bits per heavy atom. The summed E-state index contributed by atoms with van der Waals surface area (Å²) in [4.78, 5) is 22.7. The van der Waals surface area contributed by atoms with E-state index in [1.165, 1.54) is 17.1 Å². The minimum atomic E-state index is -0.206. The Morgan fingerprint density at radius 3 is 2.78 bits per heavy atom. The zero-order chi connectivity index (χ0) is 16.4. The van der Waals surface area contributed by atoms with Crippen LogP contribution < -0.4 is 11.2 Å². The van der Waals surface area contributed by atoms with E-state index in [0.29, 0.717) is 16.0 Å². The zero-order valence-electron chi connectivity index (χ0n) is 12.6. The summed E-state index contributed by atoms with van der Waals surface area (Å²) in [6.45, 7) is 3.42. The van der Waals surface area contributed by atoms with Gasteiger partial charge in [-0.15, -0.1) is 0 Å². The third-order valence-electron chi connectivity index (χ3n) is 3.58. The lowest BCUT2D eigenvalue weighted by atomic mass is 10.3. The number of halogens is 1. The average molecular weight is 381 g/mol. The van der Waals surface area contributed by atoms with Crippen molar-refractivity contribution in [1.29, 1.82) is 0 Å². The van der Waals surface area contributed by atoms with Crippen molar-refractivity contribution in [3.05, 3.63) is 28.8 Å². The monoisotopic (exact) mass is 380 g/mol. The lowest BCUT2D eigenvalue weighted by Crippen LogP contribution is -2.52. The lowest BCUT2D eigenvalue weighted by Gasteiger charge is -2.32. The van der Waals surface area contributed by atoms with Gasteiger partial charge in [-0.1, -0.05) is 0 Å². The van der Waals surface area contributed by atoms with Crippen molar-refractivity contribution in [1.82, 2.24) is 35.1 Å². The first-order valence-electron chi connectivity index (χ1n) is 7.10.